The number of fused-ring (bicyclic) bond motifs is 8. The molecule has 0 aromatic carbocycles. The van der Waals surface area contributed by atoms with Crippen LogP contribution in [0, 0.1) is 52.8 Å². The Morgan fingerprint density at radius 2 is 1.69 bits per heavy atom. The van der Waals surface area contributed by atoms with Crippen molar-refractivity contribution in [3.05, 3.63) is 0 Å². The number of Topliss-reactive ketones (excluding diaryl/α,β-unsaturated/α-hetero) is 1. The van der Waals surface area contributed by atoms with Gasteiger partial charge in [-0.05, 0) is 105 Å². The van der Waals surface area contributed by atoms with E-state index in [0.717, 1.165) is 51.6 Å². The number of ketones is 1. The monoisotopic (exact) mass is 591 g/mol. The fourth-order valence-corrected chi connectivity index (χ4v) is 11.8. The van der Waals surface area contributed by atoms with Crippen LogP contribution in [-0.2, 0) is 14.3 Å². The van der Waals surface area contributed by atoms with E-state index in [1.54, 1.807) is 0 Å². The van der Waals surface area contributed by atoms with Gasteiger partial charge in [0, 0.05) is 31.5 Å². The van der Waals surface area contributed by atoms with E-state index in [2.05, 4.69) is 25.7 Å². The highest BCUT2D eigenvalue weighted by molar-refractivity contribution is 5.83. The molecule has 0 spiro atoms. The first-order valence-electron chi connectivity index (χ1n) is 16.9. The van der Waals surface area contributed by atoms with Crippen LogP contribution >= 0.6 is 0 Å². The summed E-state index contributed by atoms with van der Waals surface area (Å²) in [5.41, 5.74) is -0.745. The number of aliphatic hydroxyl groups is 5. The molecule has 0 radical (unpaired) electrons. The highest BCUT2D eigenvalue weighted by Gasteiger charge is 2.64. The van der Waals surface area contributed by atoms with E-state index in [4.69, 9.17) is 9.47 Å². The van der Waals surface area contributed by atoms with Gasteiger partial charge in [0.25, 0.3) is 0 Å². The molecule has 3 saturated heterocycles. The average Bonchev–Trinajstić information content (AvgIpc) is 3.33. The average molecular weight is 592 g/mol. The number of hydrogen-bond acceptors (Lipinski definition) is 9. The van der Waals surface area contributed by atoms with E-state index >= 15 is 0 Å². The van der Waals surface area contributed by atoms with Gasteiger partial charge in [-0.15, -0.1) is 0 Å². The van der Waals surface area contributed by atoms with Crippen molar-refractivity contribution in [1.82, 2.24) is 4.90 Å². The highest BCUT2D eigenvalue weighted by atomic mass is 16.7. The summed E-state index contributed by atoms with van der Waals surface area (Å²) in [6.07, 6.45) is 1.67. The zero-order valence-corrected chi connectivity index (χ0v) is 25.6. The Bertz CT molecular complexity index is 1040. The normalized spacial score (nSPS) is 57.9. The molecule has 0 amide bonds. The van der Waals surface area contributed by atoms with Crippen LogP contribution < -0.4 is 0 Å². The largest absolute Gasteiger partial charge is 0.394 e. The van der Waals surface area contributed by atoms with Gasteiger partial charge in [0.1, 0.15) is 30.2 Å². The molecule has 238 valence electrons. The molecule has 0 aromatic heterocycles. The molecule has 9 nitrogen and oxygen atoms in total. The maximum atomic E-state index is 13.9. The van der Waals surface area contributed by atoms with Crippen LogP contribution in [0.15, 0.2) is 0 Å². The van der Waals surface area contributed by atoms with Gasteiger partial charge in [-0.25, -0.2) is 0 Å². The molecule has 17 atom stereocenters. The Morgan fingerprint density at radius 1 is 0.905 bits per heavy atom. The number of hydrogen-bond donors (Lipinski definition) is 5. The quantitative estimate of drug-likeness (QED) is 0.310. The number of carbonyl (C=O) groups is 1. The van der Waals surface area contributed by atoms with E-state index in [0.29, 0.717) is 60.1 Å². The van der Waals surface area contributed by atoms with E-state index in [9.17, 15) is 30.3 Å². The SMILES string of the molecule is CC1CCC2N(C1)CC1C3CC4C(CC(=O)C5CC(OC6OC(CO)C(O)C(O)C6O)CCC54C)C3CCC1C2(C)O. The van der Waals surface area contributed by atoms with Crippen molar-refractivity contribution in [2.75, 3.05) is 19.7 Å². The topological polar surface area (TPSA) is 140 Å². The molecule has 7 aliphatic rings. The van der Waals surface area contributed by atoms with Crippen LogP contribution in [0.5, 0.6) is 0 Å². The zero-order chi connectivity index (χ0) is 29.7. The lowest BCUT2D eigenvalue weighted by Gasteiger charge is -2.59. The minimum Gasteiger partial charge on any atom is -0.394 e. The van der Waals surface area contributed by atoms with Crippen molar-refractivity contribution in [3.8, 4) is 0 Å². The Morgan fingerprint density at radius 3 is 2.45 bits per heavy atom. The third-order valence-electron chi connectivity index (χ3n) is 14.0. The second kappa shape index (κ2) is 10.7. The standard InChI is InChI=1S/C33H53NO8/c1-16-4-7-27-33(3,40)22-6-5-18-19(21(22)14-34(27)13-16)11-23-20(18)12-25(36)24-10-17(8-9-32(23,24)2)41-31-30(39)29(38)28(37)26(15-35)42-31/h16-24,26-31,35,37-40H,4-15H2,1-3H3. The van der Waals surface area contributed by atoms with Gasteiger partial charge < -0.3 is 35.0 Å². The van der Waals surface area contributed by atoms with Crippen LogP contribution in [-0.4, -0.2) is 104 Å². The summed E-state index contributed by atoms with van der Waals surface area (Å²) in [6.45, 7) is 8.49. The van der Waals surface area contributed by atoms with Crippen molar-refractivity contribution in [2.24, 2.45) is 52.8 Å². The predicted molar refractivity (Wildman–Crippen MR) is 153 cm³/mol. The fourth-order valence-electron chi connectivity index (χ4n) is 11.8. The minimum atomic E-state index is -1.47. The highest BCUT2D eigenvalue weighted by Crippen LogP contribution is 2.66. The van der Waals surface area contributed by atoms with Gasteiger partial charge in [0.2, 0.25) is 0 Å². The summed E-state index contributed by atoms with van der Waals surface area (Å²) in [4.78, 5) is 16.5. The van der Waals surface area contributed by atoms with Crippen LogP contribution in [0.4, 0.5) is 0 Å². The number of rotatable bonds is 3. The fraction of sp³-hybridized carbons (Fsp3) is 0.970. The van der Waals surface area contributed by atoms with E-state index in [1.807, 2.05) is 0 Å². The Labute approximate surface area is 249 Å². The number of nitrogens with zero attached hydrogens (tertiary/aromatic N) is 1. The van der Waals surface area contributed by atoms with Gasteiger partial charge in [-0.3, -0.25) is 9.69 Å². The first-order valence-corrected chi connectivity index (χ1v) is 16.9. The molecule has 4 saturated carbocycles. The molecule has 5 N–H and O–H groups in total. The van der Waals surface area contributed by atoms with Crippen molar-refractivity contribution in [3.63, 3.8) is 0 Å². The molecule has 9 heteroatoms. The van der Waals surface area contributed by atoms with E-state index in [-0.39, 0.29) is 23.5 Å². The summed E-state index contributed by atoms with van der Waals surface area (Å²) >= 11 is 0. The predicted octanol–water partition coefficient (Wildman–Crippen LogP) is 1.71. The van der Waals surface area contributed by atoms with Crippen LogP contribution in [0.25, 0.3) is 0 Å². The molecule has 3 aliphatic heterocycles. The second-order valence-corrected chi connectivity index (χ2v) is 16.0. The third-order valence-corrected chi connectivity index (χ3v) is 14.0. The van der Waals surface area contributed by atoms with Crippen molar-refractivity contribution >= 4 is 5.78 Å². The lowest BCUT2D eigenvalue weighted by Crippen LogP contribution is -2.67. The molecule has 7 fully saturated rings. The molecule has 0 aromatic rings. The van der Waals surface area contributed by atoms with Crippen molar-refractivity contribution in [2.45, 2.75) is 127 Å². The van der Waals surface area contributed by atoms with Gasteiger partial charge >= 0.3 is 0 Å². The maximum absolute atomic E-state index is 13.9. The first-order chi connectivity index (χ1) is 19.9. The van der Waals surface area contributed by atoms with E-state index < -0.39 is 42.9 Å². The van der Waals surface area contributed by atoms with Crippen molar-refractivity contribution < 1.29 is 39.8 Å². The van der Waals surface area contributed by atoms with Gasteiger partial charge in [0.05, 0.1) is 18.3 Å². The smallest absolute Gasteiger partial charge is 0.186 e. The maximum Gasteiger partial charge on any atom is 0.186 e. The molecular formula is C33H53NO8. The summed E-state index contributed by atoms with van der Waals surface area (Å²) in [6, 6.07) is 0.276. The lowest BCUT2D eigenvalue weighted by atomic mass is 9.51. The second-order valence-electron chi connectivity index (χ2n) is 16.0. The van der Waals surface area contributed by atoms with E-state index in [1.165, 1.54) is 6.42 Å². The van der Waals surface area contributed by atoms with Crippen molar-refractivity contribution in [1.29, 1.82) is 0 Å². The van der Waals surface area contributed by atoms with Gasteiger partial charge in [-0.2, -0.15) is 0 Å². The van der Waals surface area contributed by atoms with Gasteiger partial charge in [0.15, 0.2) is 6.29 Å². The molecule has 0 bridgehead atoms. The number of aliphatic hydroxyl groups excluding tert-OH is 4. The zero-order valence-electron chi connectivity index (χ0n) is 25.6. The Hall–Kier alpha value is -0.650. The summed E-state index contributed by atoms with van der Waals surface area (Å²) in [5, 5.41) is 52.4. The number of ether oxygens (including phenoxy) is 2. The number of carbonyl (C=O) groups excluding carboxylic acids is 1. The lowest BCUT2D eigenvalue weighted by molar-refractivity contribution is -0.315. The third kappa shape index (κ3) is 4.50. The first kappa shape index (κ1) is 30.0. The molecular weight excluding hydrogens is 538 g/mol. The summed E-state index contributed by atoms with van der Waals surface area (Å²) < 4.78 is 11.8. The molecule has 7 rings (SSSR count). The molecule has 3 heterocycles. The molecule has 4 aliphatic carbocycles. The van der Waals surface area contributed by atoms with Crippen LogP contribution in [0.1, 0.15) is 78.6 Å². The summed E-state index contributed by atoms with van der Waals surface area (Å²) in [5.74, 6) is 3.79. The Balaban J connectivity index is 1.07. The molecule has 42 heavy (non-hydrogen) atoms. The van der Waals surface area contributed by atoms with Crippen LogP contribution in [0.2, 0.25) is 0 Å². The number of piperidine rings is 2. The Kier molecular flexibility index (Phi) is 7.66. The summed E-state index contributed by atoms with van der Waals surface area (Å²) in [7, 11) is 0. The minimum absolute atomic E-state index is 0.0958. The molecule has 17 unspecified atom stereocenters. The van der Waals surface area contributed by atoms with Gasteiger partial charge in [-0.1, -0.05) is 13.8 Å². The van der Waals surface area contributed by atoms with Crippen LogP contribution in [0.3, 0.4) is 0 Å².